The van der Waals surface area contributed by atoms with Gasteiger partial charge in [-0.3, -0.25) is 0 Å². The molecule has 118 valence electrons. The van der Waals surface area contributed by atoms with Gasteiger partial charge >= 0.3 is 0 Å². The Morgan fingerprint density at radius 1 is 1.24 bits per heavy atom. The van der Waals surface area contributed by atoms with Crippen LogP contribution in [-0.2, 0) is 4.74 Å². The number of methoxy groups -OCH3 is 1. The van der Waals surface area contributed by atoms with E-state index in [0.717, 1.165) is 38.0 Å². The van der Waals surface area contributed by atoms with Gasteiger partial charge in [0.2, 0.25) is 0 Å². The van der Waals surface area contributed by atoms with Crippen LogP contribution in [0.3, 0.4) is 0 Å². The maximum Gasteiger partial charge on any atom is 0.124 e. The van der Waals surface area contributed by atoms with Gasteiger partial charge in [0.25, 0.3) is 0 Å². The second-order valence-corrected chi connectivity index (χ2v) is 5.98. The van der Waals surface area contributed by atoms with Gasteiger partial charge in [-0.05, 0) is 45.2 Å². The van der Waals surface area contributed by atoms with E-state index >= 15 is 0 Å². The fraction of sp³-hybridized carbons (Fsp3) is 0.667. The highest BCUT2D eigenvalue weighted by atomic mass is 16.5. The van der Waals surface area contributed by atoms with Crippen molar-refractivity contribution >= 4 is 0 Å². The summed E-state index contributed by atoms with van der Waals surface area (Å²) in [6.45, 7) is 5.43. The van der Waals surface area contributed by atoms with Crippen molar-refractivity contribution in [1.29, 1.82) is 0 Å². The summed E-state index contributed by atoms with van der Waals surface area (Å²) in [6, 6.07) is 8.73. The van der Waals surface area contributed by atoms with E-state index < -0.39 is 0 Å². The molecule has 21 heavy (non-hydrogen) atoms. The molecular weight excluding hydrogens is 262 g/mol. The number of hydrogen-bond acceptors (Lipinski definition) is 3. The Kier molecular flexibility index (Phi) is 6.52. The van der Waals surface area contributed by atoms with Crippen molar-refractivity contribution in [3.63, 3.8) is 0 Å². The van der Waals surface area contributed by atoms with E-state index in [9.17, 15) is 0 Å². The minimum atomic E-state index is 0.281. The van der Waals surface area contributed by atoms with Crippen LogP contribution < -0.4 is 10.1 Å². The van der Waals surface area contributed by atoms with Crippen LogP contribution in [0.5, 0.6) is 5.75 Å². The normalized spacial score (nSPS) is 23.8. The van der Waals surface area contributed by atoms with Crippen LogP contribution >= 0.6 is 0 Å². The van der Waals surface area contributed by atoms with Crippen LogP contribution in [0.15, 0.2) is 24.3 Å². The quantitative estimate of drug-likeness (QED) is 0.821. The van der Waals surface area contributed by atoms with E-state index in [4.69, 9.17) is 9.47 Å². The topological polar surface area (TPSA) is 30.5 Å². The van der Waals surface area contributed by atoms with Crippen LogP contribution in [0, 0.1) is 0 Å². The molecule has 0 amide bonds. The molecule has 0 bridgehead atoms. The highest BCUT2D eigenvalue weighted by molar-refractivity contribution is 5.35. The molecule has 0 saturated heterocycles. The fourth-order valence-electron chi connectivity index (χ4n) is 3.02. The minimum Gasteiger partial charge on any atom is -0.490 e. The third kappa shape index (κ3) is 4.72. The molecule has 3 heteroatoms. The summed E-state index contributed by atoms with van der Waals surface area (Å²) in [5.41, 5.74) is 1.26. The highest BCUT2D eigenvalue weighted by Gasteiger charge is 2.24. The van der Waals surface area contributed by atoms with Crippen molar-refractivity contribution in [2.24, 2.45) is 0 Å². The Labute approximate surface area is 129 Å². The monoisotopic (exact) mass is 291 g/mol. The standard InChI is InChI=1S/C18H29NO2/c1-4-12-19-14(2)17-10-5-6-11-18(17)21-16-9-7-8-15(13-16)20-3/h5-6,10-11,14-16,19H,4,7-9,12-13H2,1-3H3. The Morgan fingerprint density at radius 3 is 2.76 bits per heavy atom. The van der Waals surface area contributed by atoms with Crippen LogP contribution in [0.25, 0.3) is 0 Å². The van der Waals surface area contributed by atoms with Gasteiger partial charge in [-0.15, -0.1) is 0 Å². The Morgan fingerprint density at radius 2 is 2.00 bits per heavy atom. The van der Waals surface area contributed by atoms with E-state index in [0.29, 0.717) is 12.1 Å². The number of ether oxygens (including phenoxy) is 2. The number of rotatable bonds is 7. The smallest absolute Gasteiger partial charge is 0.124 e. The van der Waals surface area contributed by atoms with Gasteiger partial charge in [-0.1, -0.05) is 25.1 Å². The molecule has 0 spiro atoms. The number of benzene rings is 1. The Bertz CT molecular complexity index is 421. The van der Waals surface area contributed by atoms with E-state index in [1.165, 1.54) is 12.0 Å². The van der Waals surface area contributed by atoms with E-state index in [1.807, 2.05) is 0 Å². The molecule has 1 aromatic carbocycles. The molecule has 3 atom stereocenters. The predicted molar refractivity (Wildman–Crippen MR) is 86.8 cm³/mol. The van der Waals surface area contributed by atoms with Crippen molar-refractivity contribution in [3.8, 4) is 5.75 Å². The number of hydrogen-bond donors (Lipinski definition) is 1. The molecule has 1 saturated carbocycles. The lowest BCUT2D eigenvalue weighted by molar-refractivity contribution is 0.0205. The molecular formula is C18H29NO2. The summed E-state index contributed by atoms with van der Waals surface area (Å²) in [7, 11) is 1.80. The van der Waals surface area contributed by atoms with Gasteiger partial charge in [0.05, 0.1) is 6.10 Å². The van der Waals surface area contributed by atoms with Crippen LogP contribution in [0.4, 0.5) is 0 Å². The van der Waals surface area contributed by atoms with Crippen LogP contribution in [0.2, 0.25) is 0 Å². The molecule has 1 fully saturated rings. The molecule has 0 radical (unpaired) electrons. The summed E-state index contributed by atoms with van der Waals surface area (Å²) < 4.78 is 11.8. The predicted octanol–water partition coefficient (Wildman–Crippen LogP) is 4.08. The van der Waals surface area contributed by atoms with Crippen molar-refractivity contribution in [2.75, 3.05) is 13.7 Å². The molecule has 2 rings (SSSR count). The van der Waals surface area contributed by atoms with Crippen LogP contribution in [0.1, 0.15) is 57.6 Å². The van der Waals surface area contributed by atoms with Crippen molar-refractivity contribution < 1.29 is 9.47 Å². The van der Waals surface area contributed by atoms with Gasteiger partial charge in [0.15, 0.2) is 0 Å². The highest BCUT2D eigenvalue weighted by Crippen LogP contribution is 2.30. The first-order chi connectivity index (χ1) is 10.2. The summed E-state index contributed by atoms with van der Waals surface area (Å²) in [6.07, 6.45) is 6.26. The van der Waals surface area contributed by atoms with Crippen LogP contribution in [-0.4, -0.2) is 25.9 Å². The second-order valence-electron chi connectivity index (χ2n) is 5.98. The zero-order valence-electron chi connectivity index (χ0n) is 13.6. The third-order valence-corrected chi connectivity index (χ3v) is 4.29. The van der Waals surface area contributed by atoms with Gasteiger partial charge in [0.1, 0.15) is 11.9 Å². The molecule has 1 aromatic rings. The number of nitrogens with one attached hydrogen (secondary N) is 1. The molecule has 0 aromatic heterocycles. The summed E-state index contributed by atoms with van der Waals surface area (Å²) >= 11 is 0. The van der Waals surface area contributed by atoms with Gasteiger partial charge in [0, 0.05) is 25.1 Å². The first-order valence-electron chi connectivity index (χ1n) is 8.26. The fourth-order valence-corrected chi connectivity index (χ4v) is 3.02. The third-order valence-electron chi connectivity index (χ3n) is 4.29. The zero-order valence-corrected chi connectivity index (χ0v) is 13.6. The largest absolute Gasteiger partial charge is 0.490 e. The number of para-hydroxylation sites is 1. The van der Waals surface area contributed by atoms with E-state index in [-0.39, 0.29) is 6.10 Å². The van der Waals surface area contributed by atoms with Gasteiger partial charge in [-0.2, -0.15) is 0 Å². The minimum absolute atomic E-state index is 0.281. The molecule has 1 N–H and O–H groups in total. The molecule has 1 aliphatic carbocycles. The average Bonchev–Trinajstić information content (AvgIpc) is 2.53. The molecule has 0 aliphatic heterocycles. The molecule has 3 nitrogen and oxygen atoms in total. The van der Waals surface area contributed by atoms with Crippen molar-refractivity contribution in [3.05, 3.63) is 29.8 Å². The van der Waals surface area contributed by atoms with E-state index in [2.05, 4.69) is 43.4 Å². The van der Waals surface area contributed by atoms with Crippen molar-refractivity contribution in [2.45, 2.75) is 64.2 Å². The lowest BCUT2D eigenvalue weighted by Gasteiger charge is -2.30. The van der Waals surface area contributed by atoms with Gasteiger partial charge in [-0.25, -0.2) is 0 Å². The SMILES string of the molecule is CCCNC(C)c1ccccc1OC1CCCC(OC)C1. The van der Waals surface area contributed by atoms with Gasteiger partial charge < -0.3 is 14.8 Å². The second kappa shape index (κ2) is 8.40. The maximum absolute atomic E-state index is 6.30. The van der Waals surface area contributed by atoms with E-state index in [1.54, 1.807) is 7.11 Å². The summed E-state index contributed by atoms with van der Waals surface area (Å²) in [5, 5.41) is 3.54. The Hall–Kier alpha value is -1.06. The maximum atomic E-state index is 6.30. The summed E-state index contributed by atoms with van der Waals surface area (Å²) in [5.74, 6) is 1.02. The lowest BCUT2D eigenvalue weighted by atomic mass is 9.94. The first-order valence-corrected chi connectivity index (χ1v) is 8.26. The summed E-state index contributed by atoms with van der Waals surface area (Å²) in [4.78, 5) is 0. The average molecular weight is 291 g/mol. The molecule has 0 heterocycles. The molecule has 3 unspecified atom stereocenters. The first kappa shape index (κ1) is 16.3. The Balaban J connectivity index is 2.02. The van der Waals surface area contributed by atoms with Crippen molar-refractivity contribution in [1.82, 2.24) is 5.32 Å². The molecule has 1 aliphatic rings. The lowest BCUT2D eigenvalue weighted by Crippen LogP contribution is -2.30. The zero-order chi connectivity index (χ0) is 15.1.